The third-order valence-corrected chi connectivity index (χ3v) is 8.67. The van der Waals surface area contributed by atoms with Crippen molar-refractivity contribution >= 4 is 85.4 Å². The molecule has 0 unspecified atom stereocenters. The average molecular weight is 603 g/mol. The Morgan fingerprint density at radius 2 is 1.36 bits per heavy atom. The summed E-state index contributed by atoms with van der Waals surface area (Å²) < 4.78 is 4.93. The van der Waals surface area contributed by atoms with Crippen molar-refractivity contribution in [2.24, 2.45) is 0 Å². The van der Waals surface area contributed by atoms with Crippen molar-refractivity contribution in [3.63, 3.8) is 0 Å². The maximum atomic E-state index is 12.1. The Labute approximate surface area is 273 Å². The Kier molecular flexibility index (Phi) is 10.0. The van der Waals surface area contributed by atoms with E-state index in [4.69, 9.17) is 14.7 Å². The van der Waals surface area contributed by atoms with E-state index in [1.807, 2.05) is 39.0 Å². The number of carbonyl (C=O) groups is 2. The number of aliphatic carboxylic acids is 1. The normalized spacial score (nSPS) is 12.8. The zero-order valence-electron chi connectivity index (χ0n) is 26.4. The van der Waals surface area contributed by atoms with E-state index >= 15 is 0 Å². The summed E-state index contributed by atoms with van der Waals surface area (Å²) in [5.74, 6) is -1.14. The average Bonchev–Trinajstić information content (AvgIpc) is 3.63. The Morgan fingerprint density at radius 3 is 1.98 bits per heavy atom. The Hall–Kier alpha value is -3.95. The van der Waals surface area contributed by atoms with Gasteiger partial charge in [0.1, 0.15) is 0 Å². The molecule has 9 heteroatoms. The van der Waals surface area contributed by atoms with Crippen molar-refractivity contribution in [2.75, 3.05) is 7.11 Å². The minimum absolute atomic E-state index is 0. The third-order valence-electron chi connectivity index (χ3n) is 8.67. The summed E-state index contributed by atoms with van der Waals surface area (Å²) in [6, 6.07) is 8.16. The van der Waals surface area contributed by atoms with Crippen LogP contribution in [0.1, 0.15) is 91.5 Å². The van der Waals surface area contributed by atoms with Crippen LogP contribution >= 0.6 is 0 Å². The van der Waals surface area contributed by atoms with Crippen molar-refractivity contribution < 1.29 is 29.4 Å². The Balaban J connectivity index is 0.00000442. The molecule has 2 aliphatic rings. The van der Waals surface area contributed by atoms with Crippen molar-refractivity contribution in [3.05, 3.63) is 75.9 Å². The van der Waals surface area contributed by atoms with Crippen molar-refractivity contribution in [3.8, 4) is 0 Å². The number of allylic oxidation sites excluding steroid dienone is 4. The van der Waals surface area contributed by atoms with Crippen LogP contribution in [-0.4, -0.2) is 47.2 Å². The number of hydrogen-bond donors (Lipinski definition) is 1. The first-order valence-corrected chi connectivity index (χ1v) is 14.6. The topological polar surface area (TPSA) is 120 Å². The SMILES string of the molecule is C=Cc1c(C)c2cc3[nH+]c(cc4[n-]c(cc5[nH+]c(cc1[n-]2)C(C)=C5CC)c(C)c4CCC(=O)OC)C(CCC(=O)O)=C3C.[Mg+2]. The summed E-state index contributed by atoms with van der Waals surface area (Å²) >= 11 is 0. The number of carboxylic acid groups (broad SMARTS) is 1. The molecule has 3 aromatic heterocycles. The zero-order chi connectivity index (χ0) is 31.0. The number of rotatable bonds is 8. The monoisotopic (exact) mass is 602 g/mol. The number of fused-ring (bicyclic) bond motifs is 8. The number of H-pyrrole nitrogens is 2. The fraction of sp³-hybridized carbons (Fsp3) is 0.314. The van der Waals surface area contributed by atoms with Gasteiger partial charge < -0.3 is 19.8 Å². The molecule has 0 saturated carbocycles. The van der Waals surface area contributed by atoms with Crippen LogP contribution < -0.4 is 19.9 Å². The molecule has 0 amide bonds. The largest absolute Gasteiger partial charge is 2.00 e. The predicted molar refractivity (Wildman–Crippen MR) is 174 cm³/mol. The van der Waals surface area contributed by atoms with E-state index in [2.05, 4.69) is 42.5 Å². The molecule has 0 aliphatic carbocycles. The molecule has 8 bridgehead atoms. The van der Waals surface area contributed by atoms with Gasteiger partial charge in [0.05, 0.1) is 7.11 Å². The van der Waals surface area contributed by atoms with E-state index in [0.29, 0.717) is 12.8 Å². The molecule has 0 saturated heterocycles. The number of carboxylic acids is 1. The smallest absolute Gasteiger partial charge is 0.657 e. The number of hydrogen-bond acceptors (Lipinski definition) is 3. The third kappa shape index (κ3) is 6.16. The summed E-state index contributed by atoms with van der Waals surface area (Å²) in [5, 5.41) is 9.49. The first kappa shape index (κ1) is 32.9. The molecular formula is C35H38MgN4O4+2. The van der Waals surface area contributed by atoms with E-state index in [1.165, 1.54) is 12.7 Å². The van der Waals surface area contributed by atoms with Crippen LogP contribution in [0.4, 0.5) is 0 Å². The van der Waals surface area contributed by atoms with E-state index in [-0.39, 0.29) is 41.9 Å². The molecule has 3 N–H and O–H groups in total. The van der Waals surface area contributed by atoms with Gasteiger partial charge in [0.2, 0.25) is 22.8 Å². The number of aryl methyl sites for hydroxylation is 3. The van der Waals surface area contributed by atoms with Gasteiger partial charge in [-0.15, -0.1) is 22.1 Å². The van der Waals surface area contributed by atoms with Crippen LogP contribution in [0.3, 0.4) is 0 Å². The van der Waals surface area contributed by atoms with Gasteiger partial charge >= 0.3 is 35.0 Å². The summed E-state index contributed by atoms with van der Waals surface area (Å²) in [5.41, 5.74) is 15.1. The Morgan fingerprint density at radius 1 is 0.818 bits per heavy atom. The molecule has 3 aromatic rings. The predicted octanol–water partition coefficient (Wildman–Crippen LogP) is 5.53. The molecule has 5 rings (SSSR count). The molecule has 0 radical (unpaired) electrons. The van der Waals surface area contributed by atoms with Gasteiger partial charge in [-0.1, -0.05) is 36.3 Å². The number of nitrogens with zero attached hydrogens (tertiary/aromatic N) is 2. The quantitative estimate of drug-likeness (QED) is 0.267. The molecular weight excluding hydrogens is 565 g/mol. The fourth-order valence-electron chi connectivity index (χ4n) is 6.09. The minimum atomic E-state index is -0.857. The number of aromatic amines is 2. The number of methoxy groups -OCH3 is 1. The number of ether oxygens (including phenoxy) is 1. The molecule has 222 valence electrons. The molecule has 2 aliphatic heterocycles. The van der Waals surface area contributed by atoms with Gasteiger partial charge in [-0.2, -0.15) is 0 Å². The fourth-order valence-corrected chi connectivity index (χ4v) is 6.09. The van der Waals surface area contributed by atoms with Crippen LogP contribution in [0.2, 0.25) is 0 Å². The molecule has 5 heterocycles. The first-order chi connectivity index (χ1) is 20.6. The standard InChI is InChI=1S/C35H37N4O4.Mg/c1-8-22-18(3)26-14-27-20(5)24(10-12-34(40)41)32(38-27)17-33-25(11-13-35(42)43-7)21(6)29(39-33)16-31-23(9-2)19(4)28(37-31)15-30(22)36-26;/h8,14-17H,1,9-13H2,2-7H3,(H2-,36,37,38,39,40,41);/q-1;+2/p+1. The van der Waals surface area contributed by atoms with Gasteiger partial charge in [-0.05, 0) is 76.8 Å². The van der Waals surface area contributed by atoms with Crippen molar-refractivity contribution in [2.45, 2.75) is 66.7 Å². The zero-order valence-corrected chi connectivity index (χ0v) is 27.8. The summed E-state index contributed by atoms with van der Waals surface area (Å²) in [6.07, 6.45) is 3.76. The number of esters is 1. The molecule has 0 aromatic carbocycles. The summed E-state index contributed by atoms with van der Waals surface area (Å²) in [6.45, 7) is 14.4. The van der Waals surface area contributed by atoms with Gasteiger partial charge in [0.15, 0.2) is 0 Å². The van der Waals surface area contributed by atoms with E-state index in [1.54, 1.807) is 0 Å². The minimum Gasteiger partial charge on any atom is -0.657 e. The van der Waals surface area contributed by atoms with Gasteiger partial charge in [0, 0.05) is 35.1 Å². The Bertz CT molecular complexity index is 1910. The number of carbonyl (C=O) groups excluding carboxylic acids is 1. The van der Waals surface area contributed by atoms with Gasteiger partial charge in [-0.3, -0.25) is 9.59 Å². The first-order valence-electron chi connectivity index (χ1n) is 14.6. The molecule has 44 heavy (non-hydrogen) atoms. The van der Waals surface area contributed by atoms with Crippen molar-refractivity contribution in [1.29, 1.82) is 0 Å². The molecule has 0 atom stereocenters. The van der Waals surface area contributed by atoms with E-state index < -0.39 is 5.97 Å². The van der Waals surface area contributed by atoms with Crippen LogP contribution in [-0.2, 0) is 20.7 Å². The second-order valence-electron chi connectivity index (χ2n) is 11.1. The molecule has 0 spiro atoms. The maximum absolute atomic E-state index is 12.1. The number of nitrogens with one attached hydrogen (secondary N) is 2. The van der Waals surface area contributed by atoms with Crippen molar-refractivity contribution in [1.82, 2.24) is 9.97 Å². The number of aromatic nitrogens is 4. The maximum Gasteiger partial charge on any atom is 2.00 e. The van der Waals surface area contributed by atoms with E-state index in [0.717, 1.165) is 90.2 Å². The second kappa shape index (κ2) is 13.4. The second-order valence-corrected chi connectivity index (χ2v) is 11.1. The van der Waals surface area contributed by atoms with Crippen LogP contribution in [0.5, 0.6) is 0 Å². The summed E-state index contributed by atoms with van der Waals surface area (Å²) in [7, 11) is 1.39. The van der Waals surface area contributed by atoms with Crippen LogP contribution in [0.25, 0.3) is 50.4 Å². The van der Waals surface area contributed by atoms with Gasteiger partial charge in [-0.25, -0.2) is 9.97 Å². The molecule has 0 fully saturated rings. The molecule has 8 nitrogen and oxygen atoms in total. The summed E-state index contributed by atoms with van der Waals surface area (Å²) in [4.78, 5) is 40.9. The van der Waals surface area contributed by atoms with Gasteiger partial charge in [0.25, 0.3) is 0 Å². The van der Waals surface area contributed by atoms with Crippen LogP contribution in [0, 0.1) is 13.8 Å². The van der Waals surface area contributed by atoms with Crippen LogP contribution in [0.15, 0.2) is 30.8 Å². The van der Waals surface area contributed by atoms with E-state index in [9.17, 15) is 14.7 Å².